The Morgan fingerprint density at radius 1 is 1.18 bits per heavy atom. The van der Waals surface area contributed by atoms with Gasteiger partial charge in [0, 0.05) is 11.4 Å². The Morgan fingerprint density at radius 3 is 2.61 bits per heavy atom. The van der Waals surface area contributed by atoms with Crippen LogP contribution in [0.4, 0.5) is 23.2 Å². The molecule has 1 fully saturated rings. The van der Waals surface area contributed by atoms with E-state index in [0.717, 1.165) is 12.1 Å². The lowest BCUT2D eigenvalue weighted by molar-refractivity contribution is -0.137. The fraction of sp³-hybridized carbons (Fsp3) is 0.263. The molecule has 0 saturated carbocycles. The number of carbonyl (C=O) groups excluding carboxylic acids is 2. The number of nitrogens with one attached hydrogen (secondary N) is 2. The van der Waals surface area contributed by atoms with E-state index in [9.17, 15) is 27.2 Å². The van der Waals surface area contributed by atoms with E-state index in [-0.39, 0.29) is 17.9 Å². The van der Waals surface area contributed by atoms with E-state index < -0.39 is 40.7 Å². The van der Waals surface area contributed by atoms with Gasteiger partial charge >= 0.3 is 6.18 Å². The van der Waals surface area contributed by atoms with Crippen LogP contribution in [0.2, 0.25) is 0 Å². The maximum atomic E-state index is 13.8. The molecular weight excluding hydrogens is 396 g/mol. The molecule has 0 bridgehead atoms. The highest BCUT2D eigenvalue weighted by Gasteiger charge is 2.34. The number of thioether (sulfide) groups is 1. The Bertz CT molecular complexity index is 888. The van der Waals surface area contributed by atoms with E-state index in [2.05, 4.69) is 10.6 Å². The third kappa shape index (κ3) is 4.83. The number of benzene rings is 2. The van der Waals surface area contributed by atoms with Crippen molar-refractivity contribution >= 4 is 29.3 Å². The van der Waals surface area contributed by atoms with Gasteiger partial charge in [-0.2, -0.15) is 13.2 Å². The van der Waals surface area contributed by atoms with Gasteiger partial charge in [-0.1, -0.05) is 24.3 Å². The molecule has 2 aromatic rings. The summed E-state index contributed by atoms with van der Waals surface area (Å²) in [6, 6.07) is 9.52. The summed E-state index contributed by atoms with van der Waals surface area (Å²) in [6.45, 7) is 0. The molecule has 1 aliphatic rings. The lowest BCUT2D eigenvalue weighted by Gasteiger charge is -2.28. The highest BCUT2D eigenvalue weighted by molar-refractivity contribution is 8.00. The minimum atomic E-state index is -4.52. The van der Waals surface area contributed by atoms with Crippen molar-refractivity contribution in [1.82, 2.24) is 5.32 Å². The molecule has 1 aliphatic heterocycles. The summed E-state index contributed by atoms with van der Waals surface area (Å²) in [5.41, 5.74) is -0.480. The van der Waals surface area contributed by atoms with Gasteiger partial charge in [-0.3, -0.25) is 9.59 Å². The molecule has 4 nitrogen and oxygen atoms in total. The maximum absolute atomic E-state index is 13.8. The van der Waals surface area contributed by atoms with Crippen LogP contribution < -0.4 is 10.6 Å². The summed E-state index contributed by atoms with van der Waals surface area (Å²) >= 11 is 1.21. The van der Waals surface area contributed by atoms with E-state index >= 15 is 0 Å². The monoisotopic (exact) mass is 412 g/mol. The Kier molecular flexibility index (Phi) is 5.93. The van der Waals surface area contributed by atoms with Crippen LogP contribution in [0.15, 0.2) is 48.5 Å². The molecule has 9 heteroatoms. The van der Waals surface area contributed by atoms with E-state index in [1.165, 1.54) is 30.0 Å². The summed E-state index contributed by atoms with van der Waals surface area (Å²) in [6.07, 6.45) is -4.33. The first kappa shape index (κ1) is 20.2. The van der Waals surface area contributed by atoms with Crippen LogP contribution in [0.25, 0.3) is 0 Å². The number of carbonyl (C=O) groups is 2. The number of hydrogen-bond donors (Lipinski definition) is 2. The van der Waals surface area contributed by atoms with Gasteiger partial charge in [-0.05, 0) is 36.2 Å². The Balaban J connectivity index is 1.60. The fourth-order valence-electron chi connectivity index (χ4n) is 2.75. The van der Waals surface area contributed by atoms with Crippen molar-refractivity contribution in [2.24, 2.45) is 0 Å². The predicted octanol–water partition coefficient (Wildman–Crippen LogP) is 3.63. The van der Waals surface area contributed by atoms with Crippen LogP contribution in [-0.2, 0) is 22.2 Å². The summed E-state index contributed by atoms with van der Waals surface area (Å²) in [5.74, 6) is -1.19. The highest BCUT2D eigenvalue weighted by atomic mass is 32.2. The third-order valence-electron chi connectivity index (χ3n) is 4.21. The van der Waals surface area contributed by atoms with Gasteiger partial charge in [0.25, 0.3) is 0 Å². The molecule has 2 aromatic carbocycles. The number of anilines is 1. The van der Waals surface area contributed by atoms with Crippen molar-refractivity contribution in [2.75, 3.05) is 11.1 Å². The smallest absolute Gasteiger partial charge is 0.343 e. The molecule has 0 spiro atoms. The van der Waals surface area contributed by atoms with Gasteiger partial charge in [0.15, 0.2) is 0 Å². The Labute approximate surface area is 162 Å². The van der Waals surface area contributed by atoms with Gasteiger partial charge in [0.1, 0.15) is 11.9 Å². The molecular formula is C19H16F4N2O2S. The molecule has 0 aliphatic carbocycles. The molecule has 0 unspecified atom stereocenters. The molecule has 1 heterocycles. The van der Waals surface area contributed by atoms with Crippen molar-refractivity contribution in [3.05, 3.63) is 65.5 Å². The standard InChI is InChI=1S/C19H16F4N2O2S/c20-14-7-2-1-4-11(14)8-16-18(27)25-15(10-28-16)17(26)24-13-6-3-5-12(9-13)19(21,22)23/h1-7,9,15-16H,8,10H2,(H,24,26)(H,25,27)/t15-,16+/m1/s1. The minimum Gasteiger partial charge on any atom is -0.343 e. The fourth-order valence-corrected chi connectivity index (χ4v) is 3.93. The average molecular weight is 412 g/mol. The summed E-state index contributed by atoms with van der Waals surface area (Å²) in [4.78, 5) is 24.6. The molecule has 2 atom stereocenters. The third-order valence-corrected chi connectivity index (χ3v) is 5.52. The first-order valence-corrected chi connectivity index (χ1v) is 9.42. The molecule has 2 N–H and O–H groups in total. The summed E-state index contributed by atoms with van der Waals surface area (Å²) in [5, 5.41) is 4.40. The van der Waals surface area contributed by atoms with Crippen molar-refractivity contribution in [1.29, 1.82) is 0 Å². The zero-order chi connectivity index (χ0) is 20.3. The second kappa shape index (κ2) is 8.22. The molecule has 0 aromatic heterocycles. The second-order valence-electron chi connectivity index (χ2n) is 6.25. The van der Waals surface area contributed by atoms with Crippen LogP contribution in [0.3, 0.4) is 0 Å². The number of hydrogen-bond acceptors (Lipinski definition) is 3. The largest absolute Gasteiger partial charge is 0.416 e. The lowest BCUT2D eigenvalue weighted by Crippen LogP contribution is -2.52. The van der Waals surface area contributed by atoms with Crippen LogP contribution in [-0.4, -0.2) is 28.9 Å². The maximum Gasteiger partial charge on any atom is 0.416 e. The molecule has 28 heavy (non-hydrogen) atoms. The van der Waals surface area contributed by atoms with Crippen LogP contribution in [0.5, 0.6) is 0 Å². The first-order valence-electron chi connectivity index (χ1n) is 8.37. The van der Waals surface area contributed by atoms with Crippen LogP contribution in [0.1, 0.15) is 11.1 Å². The number of halogens is 4. The zero-order valence-corrected chi connectivity index (χ0v) is 15.2. The van der Waals surface area contributed by atoms with E-state index in [1.54, 1.807) is 18.2 Å². The van der Waals surface area contributed by atoms with Gasteiger partial charge in [-0.25, -0.2) is 4.39 Å². The number of alkyl halides is 3. The zero-order valence-electron chi connectivity index (χ0n) is 14.4. The van der Waals surface area contributed by atoms with Gasteiger partial charge in [0.05, 0.1) is 10.8 Å². The molecule has 2 amide bonds. The average Bonchev–Trinajstić information content (AvgIpc) is 2.64. The Morgan fingerprint density at radius 2 is 1.93 bits per heavy atom. The molecule has 148 valence electrons. The molecule has 3 rings (SSSR count). The Hall–Kier alpha value is -2.55. The highest BCUT2D eigenvalue weighted by Crippen LogP contribution is 2.31. The minimum absolute atomic E-state index is 0.00689. The second-order valence-corrected chi connectivity index (χ2v) is 7.48. The van der Waals surface area contributed by atoms with E-state index in [1.807, 2.05) is 0 Å². The van der Waals surface area contributed by atoms with Crippen molar-refractivity contribution in [3.63, 3.8) is 0 Å². The van der Waals surface area contributed by atoms with Crippen molar-refractivity contribution in [2.45, 2.75) is 23.9 Å². The molecule has 1 saturated heterocycles. The predicted molar refractivity (Wildman–Crippen MR) is 98.4 cm³/mol. The van der Waals surface area contributed by atoms with Gasteiger partial charge in [0.2, 0.25) is 11.8 Å². The molecule has 0 radical (unpaired) electrons. The lowest BCUT2D eigenvalue weighted by atomic mass is 10.1. The quantitative estimate of drug-likeness (QED) is 0.755. The van der Waals surface area contributed by atoms with Crippen LogP contribution >= 0.6 is 11.8 Å². The van der Waals surface area contributed by atoms with E-state index in [4.69, 9.17) is 0 Å². The van der Waals surface area contributed by atoms with Gasteiger partial charge < -0.3 is 10.6 Å². The number of rotatable bonds is 4. The first-order chi connectivity index (χ1) is 13.2. The van der Waals surface area contributed by atoms with Crippen molar-refractivity contribution in [3.8, 4) is 0 Å². The van der Waals surface area contributed by atoms with Crippen LogP contribution in [0, 0.1) is 5.82 Å². The van der Waals surface area contributed by atoms with Gasteiger partial charge in [-0.15, -0.1) is 11.8 Å². The summed E-state index contributed by atoms with van der Waals surface area (Å²) < 4.78 is 52.0. The SMILES string of the molecule is O=C1N[C@@H](C(=O)Nc2cccc(C(F)(F)F)c2)CS[C@H]1Cc1ccccc1F. The summed E-state index contributed by atoms with van der Waals surface area (Å²) in [7, 11) is 0. The van der Waals surface area contributed by atoms with Crippen molar-refractivity contribution < 1.29 is 27.2 Å². The normalized spacial score (nSPS) is 19.8. The number of amides is 2. The topological polar surface area (TPSA) is 58.2 Å². The van der Waals surface area contributed by atoms with E-state index in [0.29, 0.717) is 5.56 Å².